The minimum Gasteiger partial charge on any atom is -0.399 e. The Kier molecular flexibility index (Phi) is 4.63. The summed E-state index contributed by atoms with van der Waals surface area (Å²) in [5.74, 6) is -0.0112. The lowest BCUT2D eigenvalue weighted by atomic mass is 9.70. The minimum atomic E-state index is -0.0112. The van der Waals surface area contributed by atoms with Crippen molar-refractivity contribution in [2.24, 2.45) is 5.41 Å². The van der Waals surface area contributed by atoms with Crippen LogP contribution in [0.15, 0.2) is 18.2 Å². The molecule has 1 aliphatic carbocycles. The first kappa shape index (κ1) is 14.8. The van der Waals surface area contributed by atoms with Crippen molar-refractivity contribution in [1.82, 2.24) is 5.32 Å². The lowest BCUT2D eigenvalue weighted by molar-refractivity contribution is 0.0890. The van der Waals surface area contributed by atoms with Crippen molar-refractivity contribution in [3.63, 3.8) is 0 Å². The first-order valence-corrected chi connectivity index (χ1v) is 6.15. The number of benzene rings is 1. The number of carbonyl (C=O) groups excluding carboxylic acids is 1. The molecule has 1 aromatic rings. The van der Waals surface area contributed by atoms with Crippen LogP contribution >= 0.6 is 12.4 Å². The molecule has 0 aliphatic heterocycles. The molecule has 1 fully saturated rings. The molecule has 0 radical (unpaired) electrons. The molecular weight excluding hydrogens is 248 g/mol. The first-order valence-electron chi connectivity index (χ1n) is 6.15. The molecule has 0 heterocycles. The summed E-state index contributed by atoms with van der Waals surface area (Å²) in [5, 5.41) is 3.01. The normalized spacial score (nSPS) is 16.3. The Hall–Kier alpha value is -1.22. The van der Waals surface area contributed by atoms with Crippen LogP contribution in [0.25, 0.3) is 0 Å². The molecule has 100 valence electrons. The van der Waals surface area contributed by atoms with Crippen molar-refractivity contribution in [3.05, 3.63) is 29.3 Å². The second kappa shape index (κ2) is 5.61. The summed E-state index contributed by atoms with van der Waals surface area (Å²) in [5.41, 5.74) is 8.30. The summed E-state index contributed by atoms with van der Waals surface area (Å²) >= 11 is 0. The maximum Gasteiger partial charge on any atom is 0.251 e. The van der Waals surface area contributed by atoms with Gasteiger partial charge in [-0.15, -0.1) is 12.4 Å². The van der Waals surface area contributed by atoms with E-state index in [1.165, 1.54) is 19.3 Å². The smallest absolute Gasteiger partial charge is 0.251 e. The van der Waals surface area contributed by atoms with Crippen molar-refractivity contribution in [2.75, 3.05) is 12.3 Å². The van der Waals surface area contributed by atoms with Crippen LogP contribution in [0.5, 0.6) is 0 Å². The highest BCUT2D eigenvalue weighted by Gasteiger charge is 2.31. The maximum absolute atomic E-state index is 12.0. The Morgan fingerprint density at radius 3 is 2.67 bits per heavy atom. The molecule has 1 amide bonds. The molecular formula is C14H21ClN2O. The molecule has 3 N–H and O–H groups in total. The third-order valence-electron chi connectivity index (χ3n) is 3.74. The van der Waals surface area contributed by atoms with Gasteiger partial charge in [0.1, 0.15) is 0 Å². The molecule has 0 saturated heterocycles. The van der Waals surface area contributed by atoms with Crippen LogP contribution in [0.3, 0.4) is 0 Å². The van der Waals surface area contributed by atoms with Gasteiger partial charge in [0.15, 0.2) is 0 Å². The Morgan fingerprint density at radius 1 is 1.44 bits per heavy atom. The summed E-state index contributed by atoms with van der Waals surface area (Å²) in [6, 6.07) is 5.45. The average molecular weight is 269 g/mol. The average Bonchev–Trinajstić information content (AvgIpc) is 2.26. The number of nitrogen functional groups attached to an aromatic ring is 1. The third-order valence-corrected chi connectivity index (χ3v) is 3.74. The molecule has 1 aliphatic rings. The fraction of sp³-hybridized carbons (Fsp3) is 0.500. The van der Waals surface area contributed by atoms with E-state index < -0.39 is 0 Å². The van der Waals surface area contributed by atoms with E-state index in [1.807, 2.05) is 19.1 Å². The fourth-order valence-electron chi connectivity index (χ4n) is 2.23. The molecule has 1 saturated carbocycles. The number of aryl methyl sites for hydroxylation is 1. The van der Waals surface area contributed by atoms with E-state index in [2.05, 4.69) is 12.2 Å². The van der Waals surface area contributed by atoms with E-state index in [0.717, 1.165) is 12.1 Å². The SMILES string of the molecule is Cc1ccc(N)cc1C(=O)NCC1(C)CCC1.Cl. The molecule has 0 unspecified atom stereocenters. The predicted molar refractivity (Wildman–Crippen MR) is 77.1 cm³/mol. The molecule has 3 nitrogen and oxygen atoms in total. The molecule has 2 rings (SSSR count). The summed E-state index contributed by atoms with van der Waals surface area (Å²) in [7, 11) is 0. The van der Waals surface area contributed by atoms with Crippen LogP contribution in [0.4, 0.5) is 5.69 Å². The van der Waals surface area contributed by atoms with Gasteiger partial charge in [0.2, 0.25) is 0 Å². The van der Waals surface area contributed by atoms with Gasteiger partial charge in [0.25, 0.3) is 5.91 Å². The van der Waals surface area contributed by atoms with Gasteiger partial charge in [-0.3, -0.25) is 4.79 Å². The maximum atomic E-state index is 12.0. The number of amides is 1. The summed E-state index contributed by atoms with van der Waals surface area (Å²) in [6.07, 6.45) is 3.70. The number of hydrogen-bond acceptors (Lipinski definition) is 2. The van der Waals surface area contributed by atoms with Gasteiger partial charge < -0.3 is 11.1 Å². The summed E-state index contributed by atoms with van der Waals surface area (Å²) in [4.78, 5) is 12.0. The number of anilines is 1. The molecule has 1 aromatic carbocycles. The van der Waals surface area contributed by atoms with E-state index in [-0.39, 0.29) is 18.3 Å². The third kappa shape index (κ3) is 3.16. The number of carbonyl (C=O) groups is 1. The number of nitrogens with two attached hydrogens (primary N) is 1. The van der Waals surface area contributed by atoms with Crippen molar-refractivity contribution in [3.8, 4) is 0 Å². The van der Waals surface area contributed by atoms with E-state index in [1.54, 1.807) is 6.07 Å². The molecule has 18 heavy (non-hydrogen) atoms. The number of halogens is 1. The monoisotopic (exact) mass is 268 g/mol. The highest BCUT2D eigenvalue weighted by molar-refractivity contribution is 5.96. The van der Waals surface area contributed by atoms with Crippen molar-refractivity contribution in [2.45, 2.75) is 33.1 Å². The second-order valence-corrected chi connectivity index (χ2v) is 5.42. The lowest BCUT2D eigenvalue weighted by Gasteiger charge is -2.38. The largest absolute Gasteiger partial charge is 0.399 e. The van der Waals surface area contributed by atoms with Crippen molar-refractivity contribution < 1.29 is 4.79 Å². The van der Waals surface area contributed by atoms with Crippen LogP contribution in [0.1, 0.15) is 42.1 Å². The van der Waals surface area contributed by atoms with Crippen LogP contribution in [0, 0.1) is 12.3 Å². The van der Waals surface area contributed by atoms with Crippen LogP contribution in [0.2, 0.25) is 0 Å². The van der Waals surface area contributed by atoms with E-state index in [4.69, 9.17) is 5.73 Å². The Balaban J connectivity index is 0.00000162. The quantitative estimate of drug-likeness (QED) is 0.828. The second-order valence-electron chi connectivity index (χ2n) is 5.42. The van der Waals surface area contributed by atoms with Gasteiger partial charge in [-0.25, -0.2) is 0 Å². The van der Waals surface area contributed by atoms with Gasteiger partial charge in [0, 0.05) is 17.8 Å². The molecule has 0 aromatic heterocycles. The zero-order valence-corrected chi connectivity index (χ0v) is 11.8. The zero-order chi connectivity index (χ0) is 12.5. The highest BCUT2D eigenvalue weighted by Crippen LogP contribution is 2.39. The number of nitrogens with one attached hydrogen (secondary N) is 1. The predicted octanol–water partition coefficient (Wildman–Crippen LogP) is 2.92. The summed E-state index contributed by atoms with van der Waals surface area (Å²) < 4.78 is 0. The summed E-state index contributed by atoms with van der Waals surface area (Å²) in [6.45, 7) is 4.92. The topological polar surface area (TPSA) is 55.1 Å². The number of rotatable bonds is 3. The Bertz CT molecular complexity index is 441. The van der Waals surface area contributed by atoms with Gasteiger partial charge >= 0.3 is 0 Å². The standard InChI is InChI=1S/C14H20N2O.ClH/c1-10-4-5-11(15)8-12(10)13(17)16-9-14(2)6-3-7-14;/h4-5,8H,3,6-7,9,15H2,1-2H3,(H,16,17);1H. The van der Waals surface area contributed by atoms with E-state index in [0.29, 0.717) is 16.7 Å². The van der Waals surface area contributed by atoms with Crippen LogP contribution in [-0.4, -0.2) is 12.5 Å². The van der Waals surface area contributed by atoms with Gasteiger partial charge in [-0.2, -0.15) is 0 Å². The zero-order valence-electron chi connectivity index (χ0n) is 11.0. The lowest BCUT2D eigenvalue weighted by Crippen LogP contribution is -2.40. The highest BCUT2D eigenvalue weighted by atomic mass is 35.5. The molecule has 4 heteroatoms. The molecule has 0 bridgehead atoms. The van der Waals surface area contributed by atoms with E-state index >= 15 is 0 Å². The Labute approximate surface area is 115 Å². The fourth-order valence-corrected chi connectivity index (χ4v) is 2.23. The molecule has 0 atom stereocenters. The van der Waals surface area contributed by atoms with Gasteiger partial charge in [-0.05, 0) is 42.9 Å². The van der Waals surface area contributed by atoms with Gasteiger partial charge in [-0.1, -0.05) is 19.4 Å². The van der Waals surface area contributed by atoms with Crippen molar-refractivity contribution in [1.29, 1.82) is 0 Å². The number of hydrogen-bond donors (Lipinski definition) is 2. The van der Waals surface area contributed by atoms with Crippen LogP contribution in [-0.2, 0) is 0 Å². The molecule has 0 spiro atoms. The van der Waals surface area contributed by atoms with Crippen molar-refractivity contribution >= 4 is 24.0 Å². The Morgan fingerprint density at radius 2 is 2.11 bits per heavy atom. The first-order chi connectivity index (χ1) is 8.00. The van der Waals surface area contributed by atoms with E-state index in [9.17, 15) is 4.79 Å². The minimum absolute atomic E-state index is 0. The van der Waals surface area contributed by atoms with Crippen LogP contribution < -0.4 is 11.1 Å². The van der Waals surface area contributed by atoms with Gasteiger partial charge in [0.05, 0.1) is 0 Å².